The minimum Gasteiger partial charge on any atom is -0.486 e. The van der Waals surface area contributed by atoms with Crippen molar-refractivity contribution in [2.75, 3.05) is 6.54 Å². The molecule has 4 rings (SSSR count). The third kappa shape index (κ3) is 4.84. The van der Waals surface area contributed by atoms with E-state index in [1.165, 1.54) is 42.9 Å². The number of hydrogen-bond donors (Lipinski definition) is 2. The molecule has 0 amide bonds. The van der Waals surface area contributed by atoms with Crippen molar-refractivity contribution in [2.45, 2.75) is 76.2 Å². The summed E-state index contributed by atoms with van der Waals surface area (Å²) >= 11 is 5.55. The Kier molecular flexibility index (Phi) is 7.00. The second-order valence-corrected chi connectivity index (χ2v) is 9.23. The lowest BCUT2D eigenvalue weighted by Gasteiger charge is -2.42. The summed E-state index contributed by atoms with van der Waals surface area (Å²) < 4.78 is 6.76. The zero-order valence-electron chi connectivity index (χ0n) is 17.8. The quantitative estimate of drug-likeness (QED) is 0.333. The van der Waals surface area contributed by atoms with Crippen LogP contribution >= 0.6 is 12.2 Å². The zero-order chi connectivity index (χ0) is 20.8. The van der Waals surface area contributed by atoms with Crippen LogP contribution in [0.2, 0.25) is 0 Å². The van der Waals surface area contributed by atoms with Crippen molar-refractivity contribution in [3.8, 4) is 5.75 Å². The first-order chi connectivity index (χ1) is 14.7. The zero-order valence-corrected chi connectivity index (χ0v) is 18.6. The van der Waals surface area contributed by atoms with Gasteiger partial charge in [0, 0.05) is 17.4 Å². The van der Waals surface area contributed by atoms with Crippen LogP contribution in [-0.4, -0.2) is 22.8 Å². The molecule has 3 N–H and O–H groups in total. The van der Waals surface area contributed by atoms with Crippen molar-refractivity contribution in [2.24, 2.45) is 10.8 Å². The average Bonchev–Trinajstić information content (AvgIpc) is 2.78. The van der Waals surface area contributed by atoms with Gasteiger partial charge in [-0.1, -0.05) is 61.8 Å². The van der Waals surface area contributed by atoms with Crippen LogP contribution in [-0.2, 0) is 0 Å². The molecule has 1 aliphatic carbocycles. The fourth-order valence-corrected chi connectivity index (χ4v) is 4.97. The van der Waals surface area contributed by atoms with Crippen molar-refractivity contribution < 1.29 is 4.74 Å². The highest BCUT2D eigenvalue weighted by atomic mass is 32.1. The van der Waals surface area contributed by atoms with Gasteiger partial charge >= 0.3 is 0 Å². The van der Waals surface area contributed by atoms with Crippen molar-refractivity contribution in [1.82, 2.24) is 5.43 Å². The fraction of sp³-hybridized carbons (Fsp3) is 0.520. The summed E-state index contributed by atoms with van der Waals surface area (Å²) in [6.45, 7) is 0.772. The van der Waals surface area contributed by atoms with Crippen LogP contribution in [0.15, 0.2) is 41.5 Å². The molecular formula is C25H33N3OS. The smallest absolute Gasteiger partial charge is 0.137 e. The molecule has 2 aliphatic rings. The van der Waals surface area contributed by atoms with Crippen molar-refractivity contribution in [1.29, 1.82) is 0 Å². The van der Waals surface area contributed by atoms with E-state index >= 15 is 0 Å². The maximum absolute atomic E-state index is 6.76. The maximum atomic E-state index is 6.76. The SMILES string of the molecule is NCCCCCCC(=S)N/N=C1\CC2(CCCCC2)Oc2c1ccc1ccccc21. The van der Waals surface area contributed by atoms with Gasteiger partial charge in [-0.2, -0.15) is 5.10 Å². The van der Waals surface area contributed by atoms with Gasteiger partial charge in [0.1, 0.15) is 11.4 Å². The minimum atomic E-state index is -0.125. The topological polar surface area (TPSA) is 59.6 Å². The van der Waals surface area contributed by atoms with Crippen LogP contribution in [0.4, 0.5) is 0 Å². The maximum Gasteiger partial charge on any atom is 0.137 e. The van der Waals surface area contributed by atoms with Gasteiger partial charge in [0.2, 0.25) is 0 Å². The predicted molar refractivity (Wildman–Crippen MR) is 129 cm³/mol. The van der Waals surface area contributed by atoms with Crippen LogP contribution in [0.1, 0.15) is 76.2 Å². The number of hydrazone groups is 1. The van der Waals surface area contributed by atoms with E-state index in [1.54, 1.807) is 0 Å². The second-order valence-electron chi connectivity index (χ2n) is 8.73. The molecule has 1 fully saturated rings. The monoisotopic (exact) mass is 423 g/mol. The minimum absolute atomic E-state index is 0.125. The van der Waals surface area contributed by atoms with Gasteiger partial charge in [0.15, 0.2) is 0 Å². The molecule has 0 atom stereocenters. The predicted octanol–water partition coefficient (Wildman–Crippen LogP) is 5.86. The first-order valence-corrected chi connectivity index (χ1v) is 11.9. The number of unbranched alkanes of at least 4 members (excludes halogenated alkanes) is 3. The highest BCUT2D eigenvalue weighted by molar-refractivity contribution is 7.80. The molecule has 1 spiro atoms. The first-order valence-electron chi connectivity index (χ1n) is 11.5. The van der Waals surface area contributed by atoms with Gasteiger partial charge in [-0.15, -0.1) is 0 Å². The van der Waals surface area contributed by atoms with Crippen LogP contribution in [0.3, 0.4) is 0 Å². The molecule has 30 heavy (non-hydrogen) atoms. The summed E-state index contributed by atoms with van der Waals surface area (Å²) in [7, 11) is 0. The Bertz CT molecular complexity index is 918. The van der Waals surface area contributed by atoms with E-state index in [0.717, 1.165) is 67.1 Å². The molecule has 0 saturated heterocycles. The van der Waals surface area contributed by atoms with E-state index in [2.05, 4.69) is 41.8 Å². The molecule has 2 aromatic rings. The Balaban J connectivity index is 1.55. The molecule has 0 unspecified atom stereocenters. The number of nitrogens with zero attached hydrogens (tertiary/aromatic N) is 1. The summed E-state index contributed by atoms with van der Waals surface area (Å²) in [4.78, 5) is 0.821. The van der Waals surface area contributed by atoms with E-state index in [1.807, 2.05) is 0 Å². The van der Waals surface area contributed by atoms with E-state index in [0.29, 0.717) is 0 Å². The normalized spacial score (nSPS) is 18.9. The van der Waals surface area contributed by atoms with Gasteiger partial charge in [-0.25, -0.2) is 0 Å². The largest absolute Gasteiger partial charge is 0.486 e. The number of ether oxygens (including phenoxy) is 1. The molecule has 160 valence electrons. The van der Waals surface area contributed by atoms with Crippen molar-refractivity contribution in [3.05, 3.63) is 42.0 Å². The molecule has 5 heteroatoms. The van der Waals surface area contributed by atoms with E-state index < -0.39 is 0 Å². The Morgan fingerprint density at radius 3 is 2.67 bits per heavy atom. The summed E-state index contributed by atoms with van der Waals surface area (Å²) in [5.41, 5.74) is 10.8. The second kappa shape index (κ2) is 9.88. The lowest BCUT2D eigenvalue weighted by Crippen LogP contribution is -2.44. The molecular weight excluding hydrogens is 390 g/mol. The van der Waals surface area contributed by atoms with Crippen LogP contribution < -0.4 is 15.9 Å². The Labute approximate surface area is 185 Å². The van der Waals surface area contributed by atoms with Crippen molar-refractivity contribution in [3.63, 3.8) is 0 Å². The molecule has 0 aromatic heterocycles. The molecule has 1 aliphatic heterocycles. The number of thiocarbonyl (C=S) groups is 1. The van der Waals surface area contributed by atoms with Crippen LogP contribution in [0, 0.1) is 0 Å². The first kappa shape index (κ1) is 21.3. The Morgan fingerprint density at radius 2 is 1.83 bits per heavy atom. The number of fused-ring (bicyclic) bond motifs is 3. The fourth-order valence-electron chi connectivity index (χ4n) is 4.78. The van der Waals surface area contributed by atoms with E-state index in [4.69, 9.17) is 27.8 Å². The summed E-state index contributed by atoms with van der Waals surface area (Å²) in [6, 6.07) is 12.8. The van der Waals surface area contributed by atoms with Gasteiger partial charge in [-0.05, 0) is 62.9 Å². The van der Waals surface area contributed by atoms with E-state index in [-0.39, 0.29) is 5.60 Å². The molecule has 0 bridgehead atoms. The van der Waals surface area contributed by atoms with Crippen LogP contribution in [0.25, 0.3) is 10.8 Å². The molecule has 4 nitrogen and oxygen atoms in total. The Morgan fingerprint density at radius 1 is 1.03 bits per heavy atom. The molecule has 1 heterocycles. The van der Waals surface area contributed by atoms with Gasteiger partial charge in [-0.3, -0.25) is 5.43 Å². The summed E-state index contributed by atoms with van der Waals surface area (Å²) in [6.07, 6.45) is 12.2. The Hall–Kier alpha value is -1.98. The van der Waals surface area contributed by atoms with E-state index in [9.17, 15) is 0 Å². The average molecular weight is 424 g/mol. The van der Waals surface area contributed by atoms with Gasteiger partial charge in [0.25, 0.3) is 0 Å². The lowest BCUT2D eigenvalue weighted by molar-refractivity contribution is 0.0336. The number of nitrogens with one attached hydrogen (secondary N) is 1. The van der Waals surface area contributed by atoms with Crippen molar-refractivity contribution >= 4 is 33.7 Å². The van der Waals surface area contributed by atoms with Crippen LogP contribution in [0.5, 0.6) is 5.75 Å². The highest BCUT2D eigenvalue weighted by Crippen LogP contribution is 2.44. The molecule has 2 aromatic carbocycles. The number of rotatable bonds is 7. The van der Waals surface area contributed by atoms with Gasteiger partial charge < -0.3 is 10.5 Å². The third-order valence-corrected chi connectivity index (χ3v) is 6.73. The standard InChI is InChI=1S/C25H33N3OS/c26-17-9-2-1-4-12-23(30)28-27-22-18-25(15-7-3-8-16-25)29-24-20-11-6-5-10-19(20)13-14-21(22)24/h5-6,10-11,13-14H,1-4,7-9,12,15-18,26H2,(H,28,30)/b27-22+. The lowest BCUT2D eigenvalue weighted by atomic mass is 9.78. The number of nitrogens with two attached hydrogens (primary N) is 1. The summed E-state index contributed by atoms with van der Waals surface area (Å²) in [5.74, 6) is 0.995. The molecule has 1 saturated carbocycles. The number of hydrogen-bond acceptors (Lipinski definition) is 4. The van der Waals surface area contributed by atoms with Gasteiger partial charge in [0.05, 0.1) is 10.7 Å². The third-order valence-electron chi connectivity index (χ3n) is 6.44. The highest BCUT2D eigenvalue weighted by Gasteiger charge is 2.41. The summed E-state index contributed by atoms with van der Waals surface area (Å²) in [5, 5.41) is 7.21. The number of benzene rings is 2. The molecule has 0 radical (unpaired) electrons.